The number of nitrogens with zero attached hydrogens (tertiary/aromatic N) is 4. The molecule has 0 amide bonds. The van der Waals surface area contributed by atoms with Gasteiger partial charge in [0.05, 0.1) is 5.69 Å². The van der Waals surface area contributed by atoms with Crippen LogP contribution in [0.3, 0.4) is 0 Å². The number of thiazole rings is 1. The van der Waals surface area contributed by atoms with Gasteiger partial charge in [-0.3, -0.25) is 9.55 Å². The predicted octanol–water partition coefficient (Wildman–Crippen LogP) is 4.56. The molecule has 0 saturated carbocycles. The van der Waals surface area contributed by atoms with Gasteiger partial charge in [0.1, 0.15) is 22.1 Å². The Labute approximate surface area is 155 Å². The molecule has 1 atom stereocenters. The molecule has 25 heavy (non-hydrogen) atoms. The minimum Gasteiger partial charge on any atom is -0.609 e. The maximum absolute atomic E-state index is 12.9. The average molecular weight is 375 g/mol. The van der Waals surface area contributed by atoms with Gasteiger partial charge in [0, 0.05) is 35.0 Å². The van der Waals surface area contributed by atoms with Crippen LogP contribution >= 0.6 is 11.3 Å². The number of hydrogen-bond acceptors (Lipinski definition) is 5. The molecule has 0 aliphatic heterocycles. The monoisotopic (exact) mass is 374 g/mol. The van der Waals surface area contributed by atoms with E-state index in [0.717, 1.165) is 34.9 Å². The van der Waals surface area contributed by atoms with Crippen molar-refractivity contribution < 1.29 is 4.55 Å². The molecule has 3 heterocycles. The molecule has 0 N–H and O–H groups in total. The summed E-state index contributed by atoms with van der Waals surface area (Å²) in [7, 11) is 0. The van der Waals surface area contributed by atoms with Gasteiger partial charge in [-0.05, 0) is 32.4 Å². The van der Waals surface area contributed by atoms with Crippen molar-refractivity contribution in [1.82, 2.24) is 19.5 Å². The fourth-order valence-electron chi connectivity index (χ4n) is 2.66. The molecule has 0 fully saturated rings. The molecule has 1 unspecified atom stereocenters. The molecule has 3 rings (SSSR count). The van der Waals surface area contributed by atoms with Crippen molar-refractivity contribution in [1.29, 1.82) is 0 Å². The Bertz CT molecular complexity index is 800. The van der Waals surface area contributed by atoms with Gasteiger partial charge < -0.3 is 4.55 Å². The summed E-state index contributed by atoms with van der Waals surface area (Å²) in [6.07, 6.45) is 5.47. The molecule has 0 saturated heterocycles. The first-order valence-electron chi connectivity index (χ1n) is 8.45. The molecule has 0 bridgehead atoms. The van der Waals surface area contributed by atoms with Crippen LogP contribution in [-0.4, -0.2) is 29.8 Å². The fourth-order valence-corrected chi connectivity index (χ4v) is 4.73. The maximum atomic E-state index is 12.9. The van der Waals surface area contributed by atoms with Crippen molar-refractivity contribution in [2.45, 2.75) is 44.8 Å². The van der Waals surface area contributed by atoms with Gasteiger partial charge in [0.15, 0.2) is 0 Å². The summed E-state index contributed by atoms with van der Waals surface area (Å²) in [5, 5.41) is 3.38. The van der Waals surface area contributed by atoms with E-state index >= 15 is 0 Å². The highest BCUT2D eigenvalue weighted by Gasteiger charge is 2.30. The summed E-state index contributed by atoms with van der Waals surface area (Å²) in [5.41, 5.74) is 2.49. The first-order valence-corrected chi connectivity index (χ1v) is 10.6. The Morgan fingerprint density at radius 1 is 1.24 bits per heavy atom. The van der Waals surface area contributed by atoms with Crippen LogP contribution in [-0.2, 0) is 11.2 Å². The number of aromatic nitrogens is 4. The second kappa shape index (κ2) is 8.12. The van der Waals surface area contributed by atoms with E-state index in [1.165, 1.54) is 11.3 Å². The highest BCUT2D eigenvalue weighted by molar-refractivity contribution is 7.91. The van der Waals surface area contributed by atoms with Crippen molar-refractivity contribution in [3.63, 3.8) is 0 Å². The van der Waals surface area contributed by atoms with Crippen LogP contribution in [0.4, 0.5) is 0 Å². The molecule has 0 aromatic carbocycles. The number of pyridine rings is 1. The van der Waals surface area contributed by atoms with Crippen molar-refractivity contribution >= 4 is 22.5 Å². The molecule has 0 aliphatic rings. The normalized spacial score (nSPS) is 12.7. The first-order chi connectivity index (χ1) is 12.1. The van der Waals surface area contributed by atoms with Crippen LogP contribution in [0.15, 0.2) is 41.1 Å². The number of imidazole rings is 1. The molecule has 5 nitrogen and oxygen atoms in total. The number of rotatable bonds is 7. The van der Waals surface area contributed by atoms with Crippen molar-refractivity contribution in [3.05, 3.63) is 36.0 Å². The van der Waals surface area contributed by atoms with Gasteiger partial charge >= 0.3 is 5.16 Å². The van der Waals surface area contributed by atoms with Crippen LogP contribution < -0.4 is 0 Å². The largest absolute Gasteiger partial charge is 0.609 e. The van der Waals surface area contributed by atoms with Crippen molar-refractivity contribution in [2.75, 3.05) is 5.75 Å². The third-order valence-corrected chi connectivity index (χ3v) is 5.96. The predicted molar refractivity (Wildman–Crippen MR) is 103 cm³/mol. The summed E-state index contributed by atoms with van der Waals surface area (Å²) in [5.74, 6) is 0.624. The zero-order valence-electron chi connectivity index (χ0n) is 14.7. The van der Waals surface area contributed by atoms with Crippen LogP contribution in [0.5, 0.6) is 0 Å². The third kappa shape index (κ3) is 3.78. The highest BCUT2D eigenvalue weighted by atomic mass is 32.2. The summed E-state index contributed by atoms with van der Waals surface area (Å²) in [6, 6.07) is 5.94. The van der Waals surface area contributed by atoms with Gasteiger partial charge in [-0.2, -0.15) is 4.98 Å². The van der Waals surface area contributed by atoms with E-state index < -0.39 is 11.2 Å². The summed E-state index contributed by atoms with van der Waals surface area (Å²) >= 11 is 0.395. The van der Waals surface area contributed by atoms with Crippen LogP contribution in [0.25, 0.3) is 22.1 Å². The topological polar surface area (TPSA) is 66.7 Å². The van der Waals surface area contributed by atoms with E-state index in [-0.39, 0.29) is 6.04 Å². The van der Waals surface area contributed by atoms with Crippen molar-refractivity contribution in [2.24, 2.45) is 0 Å². The zero-order chi connectivity index (χ0) is 17.8. The number of hydrogen-bond donors (Lipinski definition) is 0. The average Bonchev–Trinajstić information content (AvgIpc) is 3.27. The summed E-state index contributed by atoms with van der Waals surface area (Å²) in [6.45, 7) is 6.27. The summed E-state index contributed by atoms with van der Waals surface area (Å²) in [4.78, 5) is 13.7. The first kappa shape index (κ1) is 18.1. The lowest BCUT2D eigenvalue weighted by atomic mass is 10.2. The minimum absolute atomic E-state index is 0.124. The second-order valence-corrected chi connectivity index (χ2v) is 8.37. The van der Waals surface area contributed by atoms with Crippen LogP contribution in [0.2, 0.25) is 0 Å². The maximum Gasteiger partial charge on any atom is 0.324 e. The lowest BCUT2D eigenvalue weighted by Gasteiger charge is -2.16. The lowest BCUT2D eigenvalue weighted by molar-refractivity contribution is 0.522. The Hall–Kier alpha value is -1.70. The standard InChI is InChI=1S/C18H22N4OS2/c1-4-5-12-25(23)18-21-15(17-20-10-11-24-17)16(22(18)13(2)3)14-8-6-7-9-19-14/h6-11,13H,4-5,12H2,1-3H3. The van der Waals surface area contributed by atoms with Crippen LogP contribution in [0, 0.1) is 0 Å². The molecule has 0 spiro atoms. The van der Waals surface area contributed by atoms with Crippen LogP contribution in [0.1, 0.15) is 39.7 Å². The van der Waals surface area contributed by atoms with Gasteiger partial charge in [0.2, 0.25) is 0 Å². The van der Waals surface area contributed by atoms with Gasteiger partial charge in [-0.15, -0.1) is 11.3 Å². The minimum atomic E-state index is -1.14. The van der Waals surface area contributed by atoms with Gasteiger partial charge in [-0.25, -0.2) is 4.98 Å². The Morgan fingerprint density at radius 3 is 2.68 bits per heavy atom. The van der Waals surface area contributed by atoms with E-state index in [4.69, 9.17) is 4.98 Å². The second-order valence-electron chi connectivity index (χ2n) is 6.01. The fraction of sp³-hybridized carbons (Fsp3) is 0.389. The molecule has 0 aliphatic carbocycles. The van der Waals surface area contributed by atoms with E-state index in [2.05, 4.69) is 35.3 Å². The Morgan fingerprint density at radius 2 is 2.08 bits per heavy atom. The molecular formula is C18H22N4OS2. The number of unbranched alkanes of at least 4 members (excludes halogenated alkanes) is 1. The highest BCUT2D eigenvalue weighted by Crippen LogP contribution is 2.36. The Balaban J connectivity index is 2.21. The Kier molecular flexibility index (Phi) is 5.88. The molecule has 132 valence electrons. The summed E-state index contributed by atoms with van der Waals surface area (Å²) < 4.78 is 14.9. The lowest BCUT2D eigenvalue weighted by Crippen LogP contribution is -2.16. The smallest absolute Gasteiger partial charge is 0.324 e. The van der Waals surface area contributed by atoms with Crippen molar-refractivity contribution in [3.8, 4) is 22.1 Å². The molecule has 0 radical (unpaired) electrons. The van der Waals surface area contributed by atoms with E-state index in [0.29, 0.717) is 10.9 Å². The molecular weight excluding hydrogens is 352 g/mol. The zero-order valence-corrected chi connectivity index (χ0v) is 16.3. The third-order valence-electron chi connectivity index (χ3n) is 3.82. The SMILES string of the molecule is CCCC[S+]([O-])c1nc(-c2nccs2)c(-c2ccccn2)n1C(C)C. The molecule has 3 aromatic rings. The quantitative estimate of drug-likeness (QED) is 0.569. The van der Waals surface area contributed by atoms with E-state index in [9.17, 15) is 4.55 Å². The molecule has 7 heteroatoms. The van der Waals surface area contributed by atoms with E-state index in [1.807, 2.05) is 23.6 Å². The van der Waals surface area contributed by atoms with Gasteiger partial charge in [-0.1, -0.05) is 19.4 Å². The van der Waals surface area contributed by atoms with E-state index in [1.54, 1.807) is 12.4 Å². The molecule has 3 aromatic heterocycles. The van der Waals surface area contributed by atoms with Gasteiger partial charge in [0.25, 0.3) is 0 Å².